The second-order valence-corrected chi connectivity index (χ2v) is 15.0. The van der Waals surface area contributed by atoms with Crippen LogP contribution < -0.4 is 5.32 Å². The van der Waals surface area contributed by atoms with Gasteiger partial charge < -0.3 is 24.9 Å². The molecule has 2 fully saturated rings. The topological polar surface area (TPSA) is 145 Å². The predicted octanol–water partition coefficient (Wildman–Crippen LogP) is 7.80. The molecule has 0 radical (unpaired) electrons. The van der Waals surface area contributed by atoms with E-state index in [0.717, 1.165) is 71.0 Å². The lowest BCUT2D eigenvalue weighted by Crippen LogP contribution is -2.45. The molecule has 52 heavy (non-hydrogen) atoms. The van der Waals surface area contributed by atoms with E-state index in [2.05, 4.69) is 78.8 Å². The monoisotopic (exact) mass is 701 g/mol. The van der Waals surface area contributed by atoms with Crippen LogP contribution in [0.3, 0.4) is 0 Å². The fraction of sp³-hybridized carbons (Fsp3) is 0.400. The average molecular weight is 702 g/mol. The molecule has 12 nitrogen and oxygen atoms in total. The molecule has 12 heteroatoms. The van der Waals surface area contributed by atoms with Gasteiger partial charge in [-0.3, -0.25) is 9.69 Å². The van der Waals surface area contributed by atoms with Gasteiger partial charge in [-0.05, 0) is 80.7 Å². The van der Waals surface area contributed by atoms with Gasteiger partial charge >= 0.3 is 6.09 Å². The summed E-state index contributed by atoms with van der Waals surface area (Å²) in [7, 11) is 0. The fourth-order valence-corrected chi connectivity index (χ4v) is 7.10. The van der Waals surface area contributed by atoms with Crippen LogP contribution in [0.2, 0.25) is 0 Å². The molecule has 0 saturated carbocycles. The zero-order valence-corrected chi connectivity index (χ0v) is 30.5. The Morgan fingerprint density at radius 1 is 0.750 bits per heavy atom. The van der Waals surface area contributed by atoms with Gasteiger partial charge in [0, 0.05) is 25.5 Å². The van der Waals surface area contributed by atoms with Gasteiger partial charge in [-0.25, -0.2) is 24.7 Å². The average Bonchev–Trinajstić information content (AvgIpc) is 3.97. The molecule has 0 bridgehead atoms. The van der Waals surface area contributed by atoms with Crippen molar-refractivity contribution in [1.82, 2.24) is 39.7 Å². The van der Waals surface area contributed by atoms with E-state index in [1.165, 1.54) is 0 Å². The Kier molecular flexibility index (Phi) is 9.81. The number of hydrogen-bond acceptors (Lipinski definition) is 8. The molecule has 5 aromatic rings. The smallest absolute Gasteiger partial charge is 0.410 e. The minimum atomic E-state index is -0.542. The van der Waals surface area contributed by atoms with Gasteiger partial charge in [-0.1, -0.05) is 62.4 Å². The number of nitrogens with zero attached hydrogens (tertiary/aromatic N) is 6. The molecule has 2 aliphatic rings. The standard InChI is InChI=1S/C40H47N9O3/c1-25(2)34(47-38-41-19-8-20-42-38)37(50)48-21-6-9-32(48)35-43-23-30(45-35)28-15-11-26(12-16-28)27-13-17-29(18-14-27)31-24-44-36(46-31)33-10-7-22-49(33)39(51)52-40(3,4)5/h8,11-20,23-25,32-34H,6-7,9-10,21-22H2,1-5H3,(H,43,45)(H,44,46)(H,41,42,47)/t32-,33-,34?/m0/s1. The molecule has 7 rings (SSSR count). The molecular formula is C40H47N9O3. The van der Waals surface area contributed by atoms with E-state index >= 15 is 0 Å². The van der Waals surface area contributed by atoms with E-state index in [4.69, 9.17) is 9.72 Å². The highest BCUT2D eigenvalue weighted by molar-refractivity contribution is 5.85. The van der Waals surface area contributed by atoms with Crippen molar-refractivity contribution in [2.24, 2.45) is 5.92 Å². The lowest BCUT2D eigenvalue weighted by atomic mass is 10.0. The molecule has 0 spiro atoms. The highest BCUT2D eigenvalue weighted by Gasteiger charge is 2.37. The van der Waals surface area contributed by atoms with Crippen LogP contribution >= 0.6 is 0 Å². The summed E-state index contributed by atoms with van der Waals surface area (Å²) in [6.45, 7) is 11.1. The van der Waals surface area contributed by atoms with Crippen molar-refractivity contribution in [2.75, 3.05) is 18.4 Å². The predicted molar refractivity (Wildman–Crippen MR) is 200 cm³/mol. The number of nitrogens with one attached hydrogen (secondary N) is 3. The van der Waals surface area contributed by atoms with Crippen LogP contribution in [0.1, 0.15) is 84.0 Å². The molecule has 270 valence electrons. The first-order valence-electron chi connectivity index (χ1n) is 18.2. The summed E-state index contributed by atoms with van der Waals surface area (Å²) in [5, 5.41) is 3.25. The lowest BCUT2D eigenvalue weighted by molar-refractivity contribution is -0.134. The maximum atomic E-state index is 13.8. The third-order valence-electron chi connectivity index (χ3n) is 9.75. The van der Waals surface area contributed by atoms with Crippen molar-refractivity contribution < 1.29 is 14.3 Å². The van der Waals surface area contributed by atoms with Crippen LogP contribution in [0.15, 0.2) is 79.4 Å². The van der Waals surface area contributed by atoms with Crippen LogP contribution in [0.5, 0.6) is 0 Å². The molecule has 1 unspecified atom stereocenters. The quantitative estimate of drug-likeness (QED) is 0.141. The van der Waals surface area contributed by atoms with Gasteiger partial charge in [-0.2, -0.15) is 0 Å². The summed E-state index contributed by atoms with van der Waals surface area (Å²) in [6.07, 6.45) is 10.3. The number of imidazole rings is 2. The van der Waals surface area contributed by atoms with Crippen molar-refractivity contribution in [3.05, 3.63) is 91.0 Å². The van der Waals surface area contributed by atoms with Gasteiger partial charge in [0.05, 0.1) is 35.9 Å². The fourth-order valence-electron chi connectivity index (χ4n) is 7.10. The van der Waals surface area contributed by atoms with Gasteiger partial charge in [-0.15, -0.1) is 0 Å². The number of hydrogen-bond donors (Lipinski definition) is 3. The third kappa shape index (κ3) is 7.56. The second-order valence-electron chi connectivity index (χ2n) is 15.0. The van der Waals surface area contributed by atoms with E-state index < -0.39 is 11.6 Å². The van der Waals surface area contributed by atoms with Crippen molar-refractivity contribution in [3.63, 3.8) is 0 Å². The zero-order valence-electron chi connectivity index (χ0n) is 30.5. The van der Waals surface area contributed by atoms with E-state index in [9.17, 15) is 9.59 Å². The number of carbonyl (C=O) groups excluding carboxylic acids is 2. The third-order valence-corrected chi connectivity index (χ3v) is 9.75. The Morgan fingerprint density at radius 2 is 1.23 bits per heavy atom. The molecule has 2 aromatic carbocycles. The number of carbonyl (C=O) groups is 2. The molecule has 3 N–H and O–H groups in total. The van der Waals surface area contributed by atoms with E-state index in [1.807, 2.05) is 51.9 Å². The van der Waals surface area contributed by atoms with Gasteiger partial charge in [0.25, 0.3) is 0 Å². The van der Waals surface area contributed by atoms with Crippen LogP contribution in [-0.4, -0.2) is 76.4 Å². The SMILES string of the molecule is CC(C)C(Nc1ncccn1)C(=O)N1CCC[C@H]1c1ncc(-c2ccc(-c3ccc(-c4cnc([C@@H]5CCCN5C(=O)OC(C)(C)C)[nH]4)cc3)cc2)[nH]1. The number of amides is 2. The second kappa shape index (κ2) is 14.6. The largest absolute Gasteiger partial charge is 0.444 e. The highest BCUT2D eigenvalue weighted by Crippen LogP contribution is 2.35. The first kappa shape index (κ1) is 34.9. The van der Waals surface area contributed by atoms with Gasteiger partial charge in [0.2, 0.25) is 11.9 Å². The summed E-state index contributed by atoms with van der Waals surface area (Å²) in [6, 6.07) is 17.9. The summed E-state index contributed by atoms with van der Waals surface area (Å²) in [4.78, 5) is 55.2. The minimum Gasteiger partial charge on any atom is -0.444 e. The Morgan fingerprint density at radius 3 is 1.73 bits per heavy atom. The van der Waals surface area contributed by atoms with Crippen LogP contribution in [0.25, 0.3) is 33.6 Å². The zero-order chi connectivity index (χ0) is 36.4. The number of likely N-dealkylation sites (tertiary alicyclic amines) is 2. The van der Waals surface area contributed by atoms with Gasteiger partial charge in [0.1, 0.15) is 23.3 Å². The van der Waals surface area contributed by atoms with Crippen molar-refractivity contribution in [3.8, 4) is 33.6 Å². The number of anilines is 1. The highest BCUT2D eigenvalue weighted by atomic mass is 16.6. The molecule has 3 atom stereocenters. The number of rotatable bonds is 9. The molecule has 0 aliphatic carbocycles. The Labute approximate surface area is 304 Å². The Bertz CT molecular complexity index is 1980. The number of H-pyrrole nitrogens is 2. The summed E-state index contributed by atoms with van der Waals surface area (Å²) in [5.41, 5.74) is 5.52. The molecular weight excluding hydrogens is 654 g/mol. The van der Waals surface area contributed by atoms with Crippen molar-refractivity contribution >= 4 is 17.9 Å². The number of benzene rings is 2. The molecule has 2 saturated heterocycles. The van der Waals surface area contributed by atoms with Crippen LogP contribution in [-0.2, 0) is 9.53 Å². The molecule has 5 heterocycles. The first-order valence-corrected chi connectivity index (χ1v) is 18.2. The number of aromatic nitrogens is 6. The molecule has 2 amide bonds. The summed E-state index contributed by atoms with van der Waals surface area (Å²) in [5.74, 6) is 2.11. The summed E-state index contributed by atoms with van der Waals surface area (Å²) < 4.78 is 5.64. The number of aromatic amines is 2. The van der Waals surface area contributed by atoms with E-state index in [-0.39, 0.29) is 30.0 Å². The van der Waals surface area contributed by atoms with Crippen molar-refractivity contribution in [1.29, 1.82) is 0 Å². The van der Waals surface area contributed by atoms with Crippen LogP contribution in [0.4, 0.5) is 10.7 Å². The van der Waals surface area contributed by atoms with Crippen molar-refractivity contribution in [2.45, 2.75) is 84.0 Å². The Balaban J connectivity index is 1.00. The number of ether oxygens (including phenoxy) is 1. The van der Waals surface area contributed by atoms with Crippen LogP contribution in [0, 0.1) is 5.92 Å². The summed E-state index contributed by atoms with van der Waals surface area (Å²) >= 11 is 0. The first-order chi connectivity index (χ1) is 25.0. The lowest BCUT2D eigenvalue weighted by Gasteiger charge is -2.30. The van der Waals surface area contributed by atoms with E-state index in [1.54, 1.807) is 23.4 Å². The normalized spacial score (nSPS) is 18.2. The Hall–Kier alpha value is -5.52. The maximum absolute atomic E-state index is 13.8. The van der Waals surface area contributed by atoms with Gasteiger partial charge in [0.15, 0.2) is 0 Å². The van der Waals surface area contributed by atoms with E-state index in [0.29, 0.717) is 19.0 Å². The minimum absolute atomic E-state index is 0.0323. The molecule has 3 aromatic heterocycles. The maximum Gasteiger partial charge on any atom is 0.410 e. The molecule has 2 aliphatic heterocycles.